The van der Waals surface area contributed by atoms with E-state index in [1.165, 1.54) is 31.8 Å². The number of hydrogen-bond donors (Lipinski definition) is 0. The lowest BCUT2D eigenvalue weighted by molar-refractivity contribution is -0.137. The van der Waals surface area contributed by atoms with Crippen molar-refractivity contribution in [3.05, 3.63) is 24.2 Å². The van der Waals surface area contributed by atoms with Gasteiger partial charge >= 0.3 is 0 Å². The Hall–Kier alpha value is -1.78. The van der Waals surface area contributed by atoms with Gasteiger partial charge in [0, 0.05) is 32.1 Å². The van der Waals surface area contributed by atoms with E-state index in [9.17, 15) is 9.59 Å². The van der Waals surface area contributed by atoms with Gasteiger partial charge in [0.25, 0.3) is 5.91 Å². The maximum Gasteiger partial charge on any atom is 0.257 e. The van der Waals surface area contributed by atoms with Crippen molar-refractivity contribution < 1.29 is 14.0 Å². The molecule has 1 aromatic rings. The third-order valence-corrected chi connectivity index (χ3v) is 5.92. The Balaban J connectivity index is 1.37. The zero-order valence-corrected chi connectivity index (χ0v) is 13.4. The fraction of sp³-hybridized carbons (Fsp3) is 0.667. The number of hydrogen-bond acceptors (Lipinski definition) is 3. The molecule has 23 heavy (non-hydrogen) atoms. The van der Waals surface area contributed by atoms with Crippen LogP contribution < -0.4 is 0 Å². The third kappa shape index (κ3) is 2.77. The summed E-state index contributed by atoms with van der Waals surface area (Å²) in [6.45, 7) is 2.78. The van der Waals surface area contributed by atoms with Crippen molar-refractivity contribution in [3.63, 3.8) is 0 Å². The van der Waals surface area contributed by atoms with Crippen molar-refractivity contribution in [1.82, 2.24) is 9.80 Å². The molecule has 0 aromatic carbocycles. The number of amides is 2. The van der Waals surface area contributed by atoms with E-state index < -0.39 is 0 Å². The van der Waals surface area contributed by atoms with Gasteiger partial charge in [-0.05, 0) is 43.6 Å². The summed E-state index contributed by atoms with van der Waals surface area (Å²) in [7, 11) is 0. The molecule has 3 fully saturated rings. The molecule has 1 aromatic heterocycles. The summed E-state index contributed by atoms with van der Waals surface area (Å²) in [6, 6.07) is 1.70. The van der Waals surface area contributed by atoms with Gasteiger partial charge in [0.2, 0.25) is 5.91 Å². The monoisotopic (exact) mass is 316 g/mol. The van der Waals surface area contributed by atoms with Crippen LogP contribution >= 0.6 is 0 Å². The quantitative estimate of drug-likeness (QED) is 0.842. The summed E-state index contributed by atoms with van der Waals surface area (Å²) < 4.78 is 5.00. The largest absolute Gasteiger partial charge is 0.472 e. The highest BCUT2D eigenvalue weighted by molar-refractivity contribution is 5.93. The number of fused-ring (bicyclic) bond motifs is 2. The van der Waals surface area contributed by atoms with Crippen molar-refractivity contribution in [2.24, 2.45) is 17.8 Å². The minimum Gasteiger partial charge on any atom is -0.472 e. The molecule has 2 bridgehead atoms. The SMILES string of the molecule is O=C(c1ccoc1)N1CCCN(C(=O)[C@@H]2C[C@H]3CC[C@H]2C3)CC1. The van der Waals surface area contributed by atoms with E-state index in [2.05, 4.69) is 0 Å². The first-order valence-electron chi connectivity index (χ1n) is 8.82. The Kier molecular flexibility index (Phi) is 3.87. The first kappa shape index (κ1) is 14.8. The van der Waals surface area contributed by atoms with E-state index in [0.29, 0.717) is 37.0 Å². The summed E-state index contributed by atoms with van der Waals surface area (Å²) in [5, 5.41) is 0. The van der Waals surface area contributed by atoms with Gasteiger partial charge in [-0.15, -0.1) is 0 Å². The predicted octanol–water partition coefficient (Wildman–Crippen LogP) is 2.39. The van der Waals surface area contributed by atoms with Gasteiger partial charge in [0.05, 0.1) is 11.8 Å². The van der Waals surface area contributed by atoms with Gasteiger partial charge in [0.1, 0.15) is 6.26 Å². The normalized spacial score (nSPS) is 30.5. The lowest BCUT2D eigenvalue weighted by Gasteiger charge is -2.28. The zero-order chi connectivity index (χ0) is 15.8. The van der Waals surface area contributed by atoms with Gasteiger partial charge in [-0.1, -0.05) is 6.42 Å². The predicted molar refractivity (Wildman–Crippen MR) is 84.7 cm³/mol. The molecular formula is C18H24N2O3. The van der Waals surface area contributed by atoms with Crippen LogP contribution in [0.15, 0.2) is 23.0 Å². The molecule has 5 heteroatoms. The van der Waals surface area contributed by atoms with E-state index >= 15 is 0 Å². The molecule has 0 N–H and O–H groups in total. The number of nitrogens with zero attached hydrogens (tertiary/aromatic N) is 2. The van der Waals surface area contributed by atoms with Gasteiger partial charge in [-0.25, -0.2) is 0 Å². The lowest BCUT2D eigenvalue weighted by Crippen LogP contribution is -2.41. The minimum atomic E-state index is 0.00738. The van der Waals surface area contributed by atoms with Crippen LogP contribution in [0.2, 0.25) is 0 Å². The molecule has 1 saturated heterocycles. The van der Waals surface area contributed by atoms with Crippen LogP contribution in [0.4, 0.5) is 0 Å². The summed E-state index contributed by atoms with van der Waals surface area (Å²) in [5.74, 6) is 2.02. The average molecular weight is 316 g/mol. The summed E-state index contributed by atoms with van der Waals surface area (Å²) in [6.07, 6.45) is 8.78. The van der Waals surface area contributed by atoms with Crippen LogP contribution in [0.5, 0.6) is 0 Å². The highest BCUT2D eigenvalue weighted by Gasteiger charge is 2.44. The fourth-order valence-electron chi connectivity index (χ4n) is 4.69. The van der Waals surface area contributed by atoms with Crippen LogP contribution in [0, 0.1) is 17.8 Å². The van der Waals surface area contributed by atoms with Crippen molar-refractivity contribution >= 4 is 11.8 Å². The molecule has 2 heterocycles. The number of furan rings is 1. The third-order valence-electron chi connectivity index (χ3n) is 5.92. The number of carbonyl (C=O) groups is 2. The molecule has 3 aliphatic rings. The van der Waals surface area contributed by atoms with Gasteiger partial charge in [-0.3, -0.25) is 9.59 Å². The van der Waals surface area contributed by atoms with Crippen molar-refractivity contribution in [2.75, 3.05) is 26.2 Å². The van der Waals surface area contributed by atoms with Crippen molar-refractivity contribution in [1.29, 1.82) is 0 Å². The first-order chi connectivity index (χ1) is 11.2. The molecule has 2 saturated carbocycles. The van der Waals surface area contributed by atoms with Crippen LogP contribution in [0.3, 0.4) is 0 Å². The number of carbonyl (C=O) groups excluding carboxylic acids is 2. The summed E-state index contributed by atoms with van der Waals surface area (Å²) >= 11 is 0. The van der Waals surface area contributed by atoms with E-state index in [-0.39, 0.29) is 11.8 Å². The first-order valence-corrected chi connectivity index (χ1v) is 8.82. The Bertz CT molecular complexity index is 583. The second-order valence-corrected chi connectivity index (χ2v) is 7.26. The number of rotatable bonds is 2. The standard InChI is InChI=1S/C18H24N2O3/c21-17(15-4-9-23-12-15)19-5-1-6-20(8-7-19)18(22)16-11-13-2-3-14(16)10-13/h4,9,12-14,16H,1-3,5-8,10-11H2/t13-,14-,16+/m0/s1. The van der Waals surface area contributed by atoms with Gasteiger partial charge < -0.3 is 14.2 Å². The van der Waals surface area contributed by atoms with Crippen LogP contribution in [-0.2, 0) is 4.79 Å². The van der Waals surface area contributed by atoms with E-state index in [4.69, 9.17) is 4.42 Å². The Morgan fingerprint density at radius 1 is 1.04 bits per heavy atom. The van der Waals surface area contributed by atoms with E-state index in [0.717, 1.165) is 25.3 Å². The molecule has 3 atom stereocenters. The average Bonchev–Trinajstić information content (AvgIpc) is 3.28. The van der Waals surface area contributed by atoms with Crippen LogP contribution in [0.25, 0.3) is 0 Å². The van der Waals surface area contributed by atoms with Gasteiger partial charge in [-0.2, -0.15) is 0 Å². The van der Waals surface area contributed by atoms with E-state index in [1.54, 1.807) is 6.07 Å². The smallest absolute Gasteiger partial charge is 0.257 e. The molecule has 0 unspecified atom stereocenters. The van der Waals surface area contributed by atoms with Crippen molar-refractivity contribution in [2.45, 2.75) is 32.1 Å². The Morgan fingerprint density at radius 2 is 1.87 bits per heavy atom. The molecule has 5 nitrogen and oxygen atoms in total. The highest BCUT2D eigenvalue weighted by atomic mass is 16.3. The maximum atomic E-state index is 12.9. The molecule has 2 aliphatic carbocycles. The molecule has 0 spiro atoms. The minimum absolute atomic E-state index is 0.00738. The summed E-state index contributed by atoms with van der Waals surface area (Å²) in [4.78, 5) is 29.1. The highest BCUT2D eigenvalue weighted by Crippen LogP contribution is 2.48. The zero-order valence-electron chi connectivity index (χ0n) is 13.4. The van der Waals surface area contributed by atoms with Crippen LogP contribution in [0.1, 0.15) is 42.5 Å². The maximum absolute atomic E-state index is 12.9. The topological polar surface area (TPSA) is 53.8 Å². The molecule has 1 aliphatic heterocycles. The van der Waals surface area contributed by atoms with E-state index in [1.807, 2.05) is 9.80 Å². The lowest BCUT2D eigenvalue weighted by atomic mass is 9.87. The van der Waals surface area contributed by atoms with Gasteiger partial charge in [0.15, 0.2) is 0 Å². The molecule has 4 rings (SSSR count). The fourth-order valence-corrected chi connectivity index (χ4v) is 4.69. The van der Waals surface area contributed by atoms with Crippen molar-refractivity contribution in [3.8, 4) is 0 Å². The molecule has 0 radical (unpaired) electrons. The second kappa shape index (κ2) is 6.02. The molecular weight excluding hydrogens is 292 g/mol. The molecule has 124 valence electrons. The van der Waals surface area contributed by atoms with Crippen LogP contribution in [-0.4, -0.2) is 47.8 Å². The Labute approximate surface area is 136 Å². The summed E-state index contributed by atoms with van der Waals surface area (Å²) in [5.41, 5.74) is 0.595. The second-order valence-electron chi connectivity index (χ2n) is 7.26. The Morgan fingerprint density at radius 3 is 2.57 bits per heavy atom. The molecule has 2 amide bonds.